The molecule has 1 saturated carbocycles. The molecule has 0 unspecified atom stereocenters. The number of hydrogen-bond donors (Lipinski definition) is 1. The third-order valence-corrected chi connectivity index (χ3v) is 5.77. The van der Waals surface area contributed by atoms with Crippen molar-refractivity contribution in [3.05, 3.63) is 29.8 Å². The number of carbonyl (C=O) groups is 1. The highest BCUT2D eigenvalue weighted by molar-refractivity contribution is 5.79. The molecule has 0 radical (unpaired) electrons. The van der Waals surface area contributed by atoms with E-state index in [1.165, 1.54) is 18.4 Å². The van der Waals surface area contributed by atoms with Crippen molar-refractivity contribution < 1.29 is 14.3 Å². The van der Waals surface area contributed by atoms with Crippen LogP contribution in [0.5, 0.6) is 5.75 Å². The van der Waals surface area contributed by atoms with E-state index in [0.29, 0.717) is 6.04 Å². The van der Waals surface area contributed by atoms with Gasteiger partial charge in [-0.3, -0.25) is 9.69 Å². The van der Waals surface area contributed by atoms with E-state index in [4.69, 9.17) is 9.47 Å². The fourth-order valence-corrected chi connectivity index (χ4v) is 4.14. The van der Waals surface area contributed by atoms with Crippen LogP contribution < -0.4 is 10.1 Å². The Kier molecular flexibility index (Phi) is 4.95. The Morgan fingerprint density at radius 2 is 2.24 bits per heavy atom. The number of ether oxygens (including phenoxy) is 2. The fourth-order valence-electron chi connectivity index (χ4n) is 4.14. The van der Waals surface area contributed by atoms with Crippen molar-refractivity contribution in [2.45, 2.75) is 44.4 Å². The molecule has 5 nitrogen and oxygen atoms in total. The normalized spacial score (nSPS) is 29.2. The average molecular weight is 344 g/mol. The highest BCUT2D eigenvalue weighted by Crippen LogP contribution is 2.33. The summed E-state index contributed by atoms with van der Waals surface area (Å²) in [5.41, 5.74) is 1.23. The average Bonchev–Trinajstić information content (AvgIpc) is 3.34. The molecule has 1 aromatic carbocycles. The molecule has 5 heteroatoms. The second-order valence-corrected chi connectivity index (χ2v) is 7.67. The molecule has 136 valence electrons. The van der Waals surface area contributed by atoms with Crippen LogP contribution >= 0.6 is 0 Å². The second-order valence-electron chi connectivity index (χ2n) is 7.67. The van der Waals surface area contributed by atoms with Crippen molar-refractivity contribution in [2.24, 2.45) is 11.8 Å². The van der Waals surface area contributed by atoms with E-state index in [1.807, 2.05) is 12.1 Å². The van der Waals surface area contributed by atoms with Gasteiger partial charge in [-0.05, 0) is 49.3 Å². The molecule has 3 aliphatic rings. The van der Waals surface area contributed by atoms with Crippen LogP contribution in [0.15, 0.2) is 24.3 Å². The minimum atomic E-state index is 0.0312. The number of nitrogens with zero attached hydrogens (tertiary/aromatic N) is 1. The van der Waals surface area contributed by atoms with E-state index >= 15 is 0 Å². The first-order valence-electron chi connectivity index (χ1n) is 9.49. The molecule has 1 amide bonds. The molecule has 4 rings (SSSR count). The SMILES string of the molecule is COc1cccc(CN2C[C@H](C(=O)NCC3CC3)C[C@H]3OCC[C@H]32)c1. The van der Waals surface area contributed by atoms with Crippen LogP contribution in [0, 0.1) is 11.8 Å². The molecule has 25 heavy (non-hydrogen) atoms. The van der Waals surface area contributed by atoms with Crippen LogP contribution in [0.3, 0.4) is 0 Å². The largest absolute Gasteiger partial charge is 0.497 e. The Hall–Kier alpha value is -1.59. The van der Waals surface area contributed by atoms with Crippen LogP contribution in [0.25, 0.3) is 0 Å². The second kappa shape index (κ2) is 7.34. The third-order valence-electron chi connectivity index (χ3n) is 5.77. The monoisotopic (exact) mass is 344 g/mol. The lowest BCUT2D eigenvalue weighted by atomic mass is 9.89. The molecule has 2 aliphatic heterocycles. The Balaban J connectivity index is 1.43. The van der Waals surface area contributed by atoms with E-state index in [1.54, 1.807) is 7.11 Å². The number of piperidine rings is 1. The van der Waals surface area contributed by atoms with Crippen LogP contribution in [-0.4, -0.2) is 49.8 Å². The van der Waals surface area contributed by atoms with Crippen LogP contribution in [0.4, 0.5) is 0 Å². The first kappa shape index (κ1) is 16.9. The van der Waals surface area contributed by atoms with Crippen molar-refractivity contribution in [1.82, 2.24) is 10.2 Å². The van der Waals surface area contributed by atoms with Crippen molar-refractivity contribution in [2.75, 3.05) is 26.8 Å². The van der Waals surface area contributed by atoms with Crippen LogP contribution in [0.1, 0.15) is 31.2 Å². The van der Waals surface area contributed by atoms with Gasteiger partial charge in [-0.1, -0.05) is 12.1 Å². The maximum absolute atomic E-state index is 12.6. The fraction of sp³-hybridized carbons (Fsp3) is 0.650. The van der Waals surface area contributed by atoms with Crippen LogP contribution in [-0.2, 0) is 16.1 Å². The summed E-state index contributed by atoms with van der Waals surface area (Å²) in [4.78, 5) is 15.0. The highest BCUT2D eigenvalue weighted by Gasteiger charge is 2.42. The Bertz CT molecular complexity index is 617. The molecule has 1 aromatic rings. The van der Waals surface area contributed by atoms with Crippen molar-refractivity contribution in [3.63, 3.8) is 0 Å². The van der Waals surface area contributed by atoms with E-state index in [0.717, 1.165) is 50.8 Å². The molecule has 0 aromatic heterocycles. The Morgan fingerprint density at radius 1 is 1.36 bits per heavy atom. The molecule has 0 bridgehead atoms. The van der Waals surface area contributed by atoms with Gasteiger partial charge in [0.2, 0.25) is 5.91 Å². The molecule has 0 spiro atoms. The molecule has 2 heterocycles. The molecule has 1 N–H and O–H groups in total. The maximum atomic E-state index is 12.6. The summed E-state index contributed by atoms with van der Waals surface area (Å²) in [7, 11) is 1.70. The standard InChI is InChI=1S/C20H28N2O3/c1-24-17-4-2-3-15(9-17)12-22-13-16(10-19-18(22)7-8-25-19)20(23)21-11-14-5-6-14/h2-4,9,14,16,18-19H,5-8,10-13H2,1H3,(H,21,23)/t16-,18-,19-/m1/s1. The quantitative estimate of drug-likeness (QED) is 0.860. The lowest BCUT2D eigenvalue weighted by Gasteiger charge is -2.40. The van der Waals surface area contributed by atoms with Gasteiger partial charge in [0.05, 0.1) is 19.1 Å². The van der Waals surface area contributed by atoms with Gasteiger partial charge in [0.1, 0.15) is 5.75 Å². The number of nitrogens with one attached hydrogen (secondary N) is 1. The van der Waals surface area contributed by atoms with Gasteiger partial charge in [-0.2, -0.15) is 0 Å². The summed E-state index contributed by atoms with van der Waals surface area (Å²) >= 11 is 0. The molecule has 3 fully saturated rings. The van der Waals surface area contributed by atoms with Gasteiger partial charge >= 0.3 is 0 Å². The Morgan fingerprint density at radius 3 is 3.04 bits per heavy atom. The lowest BCUT2D eigenvalue weighted by molar-refractivity contribution is -0.129. The van der Waals surface area contributed by atoms with Crippen molar-refractivity contribution in [3.8, 4) is 5.75 Å². The first-order valence-corrected chi connectivity index (χ1v) is 9.49. The molecular weight excluding hydrogens is 316 g/mol. The molecule has 3 atom stereocenters. The topological polar surface area (TPSA) is 50.8 Å². The zero-order valence-electron chi connectivity index (χ0n) is 14.9. The lowest BCUT2D eigenvalue weighted by Crippen LogP contribution is -2.52. The highest BCUT2D eigenvalue weighted by atomic mass is 16.5. The zero-order chi connectivity index (χ0) is 17.2. The van der Waals surface area contributed by atoms with Gasteiger partial charge in [-0.15, -0.1) is 0 Å². The molecule has 2 saturated heterocycles. The summed E-state index contributed by atoms with van der Waals surface area (Å²) in [6.07, 6.45) is 4.64. The number of methoxy groups -OCH3 is 1. The van der Waals surface area contributed by atoms with Gasteiger partial charge in [0.25, 0.3) is 0 Å². The predicted molar refractivity (Wildman–Crippen MR) is 95.4 cm³/mol. The van der Waals surface area contributed by atoms with Gasteiger partial charge in [0, 0.05) is 32.3 Å². The maximum Gasteiger partial charge on any atom is 0.224 e. The number of fused-ring (bicyclic) bond motifs is 1. The minimum Gasteiger partial charge on any atom is -0.497 e. The number of likely N-dealkylation sites (tertiary alicyclic amines) is 1. The number of carbonyl (C=O) groups excluding carboxylic acids is 1. The number of benzene rings is 1. The summed E-state index contributed by atoms with van der Waals surface area (Å²) < 4.78 is 11.3. The Labute approximate surface area is 149 Å². The molecule has 1 aliphatic carbocycles. The summed E-state index contributed by atoms with van der Waals surface area (Å²) in [5.74, 6) is 1.84. The van der Waals surface area contributed by atoms with Gasteiger partial charge < -0.3 is 14.8 Å². The predicted octanol–water partition coefficient (Wildman–Crippen LogP) is 2.20. The zero-order valence-corrected chi connectivity index (χ0v) is 14.9. The van der Waals surface area contributed by atoms with Gasteiger partial charge in [-0.25, -0.2) is 0 Å². The molecular formula is C20H28N2O3. The van der Waals surface area contributed by atoms with Crippen molar-refractivity contribution >= 4 is 5.91 Å². The summed E-state index contributed by atoms with van der Waals surface area (Å²) in [6, 6.07) is 8.64. The number of amides is 1. The van der Waals surface area contributed by atoms with E-state index in [9.17, 15) is 4.79 Å². The third kappa shape index (κ3) is 3.98. The summed E-state index contributed by atoms with van der Waals surface area (Å²) in [5, 5.41) is 3.16. The van der Waals surface area contributed by atoms with Gasteiger partial charge in [0.15, 0.2) is 0 Å². The smallest absolute Gasteiger partial charge is 0.224 e. The first-order chi connectivity index (χ1) is 12.2. The minimum absolute atomic E-state index is 0.0312. The van der Waals surface area contributed by atoms with E-state index in [-0.39, 0.29) is 17.9 Å². The summed E-state index contributed by atoms with van der Waals surface area (Å²) in [6.45, 7) is 3.31. The van der Waals surface area contributed by atoms with E-state index in [2.05, 4.69) is 22.3 Å². The van der Waals surface area contributed by atoms with E-state index < -0.39 is 0 Å². The van der Waals surface area contributed by atoms with Crippen LogP contribution in [0.2, 0.25) is 0 Å². The number of rotatable bonds is 6. The number of hydrogen-bond acceptors (Lipinski definition) is 4. The van der Waals surface area contributed by atoms with Crippen molar-refractivity contribution in [1.29, 1.82) is 0 Å².